The van der Waals surface area contributed by atoms with Crippen molar-refractivity contribution in [3.05, 3.63) is 88.5 Å². The van der Waals surface area contributed by atoms with Gasteiger partial charge in [0.25, 0.3) is 5.91 Å². The average molecular weight is 450 g/mol. The second-order valence-corrected chi connectivity index (χ2v) is 8.99. The molecule has 0 fully saturated rings. The number of carbonyl (C=O) groups excluding carboxylic acids is 4. The second kappa shape index (κ2) is 7.57. The number of hydrogen-bond donors (Lipinski definition) is 0. The number of benzene rings is 2. The van der Waals surface area contributed by atoms with E-state index in [2.05, 4.69) is 0 Å². The van der Waals surface area contributed by atoms with E-state index in [-0.39, 0.29) is 11.3 Å². The minimum Gasteiger partial charge on any atom is -0.443 e. The Balaban J connectivity index is 2.03. The van der Waals surface area contributed by atoms with Crippen LogP contribution in [-0.4, -0.2) is 29.2 Å². The van der Waals surface area contributed by atoms with Crippen molar-refractivity contribution in [2.45, 2.75) is 31.8 Å². The highest BCUT2D eigenvalue weighted by molar-refractivity contribution is 6.31. The van der Waals surface area contributed by atoms with E-state index in [0.29, 0.717) is 16.1 Å². The number of imide groups is 1. The van der Waals surface area contributed by atoms with Crippen LogP contribution in [0.5, 0.6) is 0 Å². The van der Waals surface area contributed by atoms with Crippen molar-refractivity contribution in [2.75, 3.05) is 4.90 Å². The van der Waals surface area contributed by atoms with Crippen LogP contribution >= 0.6 is 11.6 Å². The number of hydrogen-bond acceptors (Lipinski definition) is 5. The van der Waals surface area contributed by atoms with E-state index in [1.807, 2.05) is 0 Å². The van der Waals surface area contributed by atoms with Crippen LogP contribution in [0.25, 0.3) is 0 Å². The first-order chi connectivity index (χ1) is 15.1. The average Bonchev–Trinajstić information content (AvgIpc) is 2.98. The molecular formula is C25H20ClNO5. The van der Waals surface area contributed by atoms with Gasteiger partial charge in [-0.25, -0.2) is 9.69 Å². The van der Waals surface area contributed by atoms with Crippen LogP contribution in [0.15, 0.2) is 72.3 Å². The van der Waals surface area contributed by atoms with Crippen molar-refractivity contribution in [1.29, 1.82) is 0 Å². The number of ketones is 2. The fourth-order valence-corrected chi connectivity index (χ4v) is 4.19. The van der Waals surface area contributed by atoms with Crippen molar-refractivity contribution in [3.63, 3.8) is 0 Å². The summed E-state index contributed by atoms with van der Waals surface area (Å²) < 4.78 is 5.49. The minimum absolute atomic E-state index is 0.0316. The van der Waals surface area contributed by atoms with E-state index in [1.165, 1.54) is 0 Å². The highest BCUT2D eigenvalue weighted by atomic mass is 35.5. The molecule has 2 aliphatic rings. The molecule has 1 heterocycles. The molecular weight excluding hydrogens is 430 g/mol. The highest BCUT2D eigenvalue weighted by Gasteiger charge is 2.58. The molecule has 4 rings (SSSR count). The zero-order chi connectivity index (χ0) is 23.3. The van der Waals surface area contributed by atoms with Gasteiger partial charge in [0.15, 0.2) is 11.6 Å². The Morgan fingerprint density at radius 1 is 0.969 bits per heavy atom. The molecule has 7 heteroatoms. The fourth-order valence-electron chi connectivity index (χ4n) is 4.06. The molecule has 1 atom stereocenters. The van der Waals surface area contributed by atoms with Crippen LogP contribution in [0.4, 0.5) is 10.5 Å². The van der Waals surface area contributed by atoms with Crippen LogP contribution in [0, 0.1) is 0 Å². The zero-order valence-corrected chi connectivity index (χ0v) is 18.5. The van der Waals surface area contributed by atoms with E-state index < -0.39 is 34.6 Å². The van der Waals surface area contributed by atoms with E-state index in [4.69, 9.17) is 16.3 Å². The number of ether oxygens (including phenoxy) is 1. The number of allylic oxidation sites excluding steroid dienone is 3. The van der Waals surface area contributed by atoms with Gasteiger partial charge in [0.05, 0.1) is 5.69 Å². The van der Waals surface area contributed by atoms with Crippen LogP contribution in [0.2, 0.25) is 5.02 Å². The first-order valence-corrected chi connectivity index (χ1v) is 10.3. The van der Waals surface area contributed by atoms with Crippen molar-refractivity contribution in [3.8, 4) is 0 Å². The highest BCUT2D eigenvalue weighted by Crippen LogP contribution is 2.51. The molecule has 32 heavy (non-hydrogen) atoms. The Labute approximate surface area is 190 Å². The number of carbonyl (C=O) groups is 4. The summed E-state index contributed by atoms with van der Waals surface area (Å²) >= 11 is 6.07. The minimum atomic E-state index is -1.71. The molecule has 0 bridgehead atoms. The number of para-hydroxylation sites is 1. The van der Waals surface area contributed by atoms with Crippen LogP contribution < -0.4 is 4.90 Å². The number of amides is 2. The Morgan fingerprint density at radius 2 is 1.62 bits per heavy atom. The summed E-state index contributed by atoms with van der Waals surface area (Å²) in [6, 6.07) is 13.1. The third-order valence-electron chi connectivity index (χ3n) is 5.28. The van der Waals surface area contributed by atoms with Crippen LogP contribution in [0.3, 0.4) is 0 Å². The molecule has 6 nitrogen and oxygen atoms in total. The lowest BCUT2D eigenvalue weighted by molar-refractivity contribution is -0.122. The number of fused-ring (bicyclic) bond motifs is 1. The van der Waals surface area contributed by atoms with E-state index in [9.17, 15) is 19.2 Å². The van der Waals surface area contributed by atoms with Gasteiger partial charge in [0.1, 0.15) is 11.0 Å². The molecule has 0 spiro atoms. The molecule has 1 aliphatic carbocycles. The molecule has 2 amide bonds. The maximum Gasteiger partial charge on any atom is 0.421 e. The predicted molar refractivity (Wildman–Crippen MR) is 120 cm³/mol. The summed E-state index contributed by atoms with van der Waals surface area (Å²) in [6.07, 6.45) is 2.58. The van der Waals surface area contributed by atoms with Crippen molar-refractivity contribution < 1.29 is 23.9 Å². The Morgan fingerprint density at radius 3 is 2.28 bits per heavy atom. The SMILES string of the molecule is CC(C)(C)OC(=O)N1C(=O)C(C2=CC(=O)C=CC2=O)(c2ccc(Cl)cc2)c2ccccc21. The molecule has 1 aliphatic heterocycles. The molecule has 0 N–H and O–H groups in total. The van der Waals surface area contributed by atoms with Crippen molar-refractivity contribution >= 4 is 40.9 Å². The summed E-state index contributed by atoms with van der Waals surface area (Å²) in [6.45, 7) is 5.08. The van der Waals surface area contributed by atoms with Gasteiger partial charge in [0.2, 0.25) is 0 Å². The molecule has 162 valence electrons. The smallest absolute Gasteiger partial charge is 0.421 e. The first kappa shape index (κ1) is 21.7. The molecule has 0 saturated carbocycles. The molecule has 0 radical (unpaired) electrons. The zero-order valence-electron chi connectivity index (χ0n) is 17.7. The van der Waals surface area contributed by atoms with Gasteiger partial charge in [-0.3, -0.25) is 14.4 Å². The van der Waals surface area contributed by atoms with E-state index in [1.54, 1.807) is 69.3 Å². The number of halogens is 1. The second-order valence-electron chi connectivity index (χ2n) is 8.55. The summed E-state index contributed by atoms with van der Waals surface area (Å²) in [5, 5.41) is 0.437. The Bertz CT molecular complexity index is 1220. The largest absolute Gasteiger partial charge is 0.443 e. The van der Waals surface area contributed by atoms with Crippen molar-refractivity contribution in [1.82, 2.24) is 0 Å². The summed E-state index contributed by atoms with van der Waals surface area (Å²) in [5.41, 5.74) is -1.49. The van der Waals surface area contributed by atoms with E-state index >= 15 is 0 Å². The van der Waals surface area contributed by atoms with Crippen LogP contribution in [0.1, 0.15) is 31.9 Å². The Kier molecular flexibility index (Phi) is 5.13. The van der Waals surface area contributed by atoms with Gasteiger partial charge in [-0.2, -0.15) is 0 Å². The molecule has 0 saturated heterocycles. The van der Waals surface area contributed by atoms with Crippen molar-refractivity contribution in [2.24, 2.45) is 0 Å². The predicted octanol–water partition coefficient (Wildman–Crippen LogP) is 4.54. The Hall–Kier alpha value is -3.51. The van der Waals surface area contributed by atoms with Gasteiger partial charge in [-0.1, -0.05) is 41.9 Å². The standard InChI is InChI=1S/C25H20ClNO5/c1-24(2,3)32-23(31)27-20-7-5-4-6-18(20)25(22(27)30,15-8-10-16(26)11-9-15)19-14-17(28)12-13-21(19)29/h4-14H,1-3H3. The molecule has 1 unspecified atom stereocenters. The van der Waals surface area contributed by atoms with E-state index in [0.717, 1.165) is 23.1 Å². The topological polar surface area (TPSA) is 80.8 Å². The van der Waals surface area contributed by atoms with Gasteiger partial charge < -0.3 is 4.74 Å². The summed E-state index contributed by atoms with van der Waals surface area (Å²) in [4.78, 5) is 53.4. The third kappa shape index (κ3) is 3.37. The maximum atomic E-state index is 14.1. The normalized spacial score (nSPS) is 20.3. The number of anilines is 1. The molecule has 2 aromatic rings. The summed E-state index contributed by atoms with van der Waals surface area (Å²) in [5.74, 6) is -1.61. The first-order valence-electron chi connectivity index (χ1n) is 9.97. The molecule has 2 aromatic carbocycles. The summed E-state index contributed by atoms with van der Waals surface area (Å²) in [7, 11) is 0. The monoisotopic (exact) mass is 449 g/mol. The lowest BCUT2D eigenvalue weighted by Crippen LogP contribution is -2.48. The third-order valence-corrected chi connectivity index (χ3v) is 5.53. The fraction of sp³-hybridized carbons (Fsp3) is 0.200. The lowest BCUT2D eigenvalue weighted by Gasteiger charge is -2.32. The quantitative estimate of drug-likeness (QED) is 0.628. The van der Waals surface area contributed by atoms with Gasteiger partial charge in [-0.15, -0.1) is 0 Å². The molecule has 0 aromatic heterocycles. The van der Waals surface area contributed by atoms with Crippen LogP contribution in [-0.2, 0) is 24.5 Å². The number of rotatable bonds is 2. The number of nitrogens with zero attached hydrogens (tertiary/aromatic N) is 1. The van der Waals surface area contributed by atoms with Gasteiger partial charge in [-0.05, 0) is 62.8 Å². The lowest BCUT2D eigenvalue weighted by atomic mass is 9.67. The van der Waals surface area contributed by atoms with Gasteiger partial charge in [0, 0.05) is 16.2 Å². The van der Waals surface area contributed by atoms with Gasteiger partial charge >= 0.3 is 6.09 Å². The maximum absolute atomic E-state index is 14.1.